The van der Waals surface area contributed by atoms with Crippen LogP contribution >= 0.6 is 0 Å². The molecule has 4 heterocycles. The van der Waals surface area contributed by atoms with Gasteiger partial charge in [0.2, 0.25) is 5.78 Å². The Morgan fingerprint density at radius 1 is 0.667 bits per heavy atom. The second-order valence-corrected chi connectivity index (χ2v) is 22.0. The predicted octanol–water partition coefficient (Wildman–Crippen LogP) is 13.1. The van der Waals surface area contributed by atoms with Crippen molar-refractivity contribution in [1.82, 2.24) is 23.9 Å². The lowest BCUT2D eigenvalue weighted by Gasteiger charge is -2.36. The predicted molar refractivity (Wildman–Crippen MR) is 260 cm³/mol. The Morgan fingerprint density at radius 3 is 2.16 bits per heavy atom. The van der Waals surface area contributed by atoms with E-state index in [0.717, 1.165) is 89.9 Å². The molecule has 304 valence electrons. The lowest BCUT2D eigenvalue weighted by atomic mass is 9.78. The van der Waals surface area contributed by atoms with Crippen LogP contribution in [-0.4, -0.2) is 32.0 Å². The van der Waals surface area contributed by atoms with E-state index in [4.69, 9.17) is 18.8 Å². The largest absolute Gasteiger partial charge is 0.457 e. The van der Waals surface area contributed by atoms with Crippen LogP contribution in [0.4, 0.5) is 0 Å². The van der Waals surface area contributed by atoms with Crippen LogP contribution in [0.3, 0.4) is 0 Å². The molecule has 3 aromatic heterocycles. The van der Waals surface area contributed by atoms with Gasteiger partial charge < -0.3 is 4.74 Å². The number of hydrogen-bond donors (Lipinski definition) is 0. The Bertz CT molecular complexity index is 3860. The quantitative estimate of drug-likeness (QED) is 0.166. The first kappa shape index (κ1) is 30.0. The van der Waals surface area contributed by atoms with Crippen molar-refractivity contribution < 1.29 is 14.3 Å². The summed E-state index contributed by atoms with van der Waals surface area (Å²) in [6.45, 7) is -0.744. The molecule has 10 aromatic rings. The summed E-state index contributed by atoms with van der Waals surface area (Å²) in [7, 11) is -2.92. The fourth-order valence-corrected chi connectivity index (χ4v) is 13.6. The van der Waals surface area contributed by atoms with Gasteiger partial charge in [0.25, 0.3) is 0 Å². The van der Waals surface area contributed by atoms with Crippen molar-refractivity contribution >= 4 is 46.3 Å². The highest BCUT2D eigenvalue weighted by Gasteiger charge is 2.40. The van der Waals surface area contributed by atoms with E-state index in [9.17, 15) is 5.48 Å². The van der Waals surface area contributed by atoms with E-state index in [1.807, 2.05) is 95.7 Å². The molecule has 1 aliphatic heterocycles. The molecule has 7 aromatic carbocycles. The minimum atomic E-state index is -2.92. The minimum Gasteiger partial charge on any atom is -0.457 e. The van der Waals surface area contributed by atoms with Gasteiger partial charge in [0.15, 0.2) is 0 Å². The molecule has 0 N–H and O–H groups in total. The summed E-state index contributed by atoms with van der Waals surface area (Å²) < 4.78 is 76.4. The van der Waals surface area contributed by atoms with Gasteiger partial charge in [-0.05, 0) is 141 Å². The zero-order valence-corrected chi connectivity index (χ0v) is 35.8. The molecule has 1 saturated carbocycles. The van der Waals surface area contributed by atoms with Crippen LogP contribution in [0.2, 0.25) is 13.1 Å². The molecule has 0 radical (unpaired) electrons. The fraction of sp³-hybridized carbons (Fsp3) is 0.161. The topological polar surface area (TPSA) is 57.2 Å². The van der Waals surface area contributed by atoms with E-state index >= 15 is 0 Å². The van der Waals surface area contributed by atoms with E-state index in [1.165, 1.54) is 0 Å². The number of para-hydroxylation sites is 4. The highest BCUT2D eigenvalue weighted by Crippen LogP contribution is 2.53. The summed E-state index contributed by atoms with van der Waals surface area (Å²) in [6, 6.07) is 43.8. The van der Waals surface area contributed by atoms with Gasteiger partial charge >= 0.3 is 0 Å². The van der Waals surface area contributed by atoms with Crippen molar-refractivity contribution in [1.29, 1.82) is 0 Å². The number of aryl methyl sites for hydroxylation is 1. The van der Waals surface area contributed by atoms with E-state index in [0.29, 0.717) is 52.5 Å². The number of ether oxygens (including phenoxy) is 1. The van der Waals surface area contributed by atoms with E-state index < -0.39 is 27.7 Å². The number of aromatic nitrogens is 5. The summed E-state index contributed by atoms with van der Waals surface area (Å²) in [5, 5.41) is 1.75. The first-order chi connectivity index (χ1) is 33.6. The number of hydrogen-bond acceptors (Lipinski definition) is 4. The van der Waals surface area contributed by atoms with Crippen molar-refractivity contribution in [3.8, 4) is 73.0 Å². The SMILES string of the molecule is [2H]C([2H])([2H])c1ccc2c(c1)Oc1c(cc(-n3c4ccccc4n4c5ccccc5nc34)c(C([2H])([2H])[2H])c1-c1cc3c(cc1C1([2H])CCCC1)-c1ccccc1-c1cncnc1-c1ccccc1-3)[Si]2(C)C. The first-order valence-corrected chi connectivity index (χ1v) is 24.7. The van der Waals surface area contributed by atoms with Crippen molar-refractivity contribution in [2.45, 2.75) is 58.4 Å². The van der Waals surface area contributed by atoms with E-state index in [2.05, 4.69) is 58.9 Å². The summed E-state index contributed by atoms with van der Waals surface area (Å²) in [4.78, 5) is 14.6. The Morgan fingerprint density at radius 2 is 1.37 bits per heavy atom. The molecule has 0 spiro atoms. The van der Waals surface area contributed by atoms with Crippen molar-refractivity contribution in [2.75, 3.05) is 0 Å². The fourth-order valence-electron chi connectivity index (χ4n) is 10.9. The van der Waals surface area contributed by atoms with Crippen LogP contribution in [0.15, 0.2) is 146 Å². The number of nitrogens with zero attached hydrogens (tertiary/aromatic N) is 5. The Hall–Kier alpha value is -7.09. The zero-order valence-electron chi connectivity index (χ0n) is 41.8. The molecule has 7 heteroatoms. The van der Waals surface area contributed by atoms with Gasteiger partial charge in [-0.15, -0.1) is 0 Å². The van der Waals surface area contributed by atoms with Gasteiger partial charge in [-0.25, -0.2) is 15.0 Å². The second kappa shape index (κ2) is 13.5. The number of benzene rings is 7. The minimum absolute atomic E-state index is 0.0576. The smallest absolute Gasteiger partial charge is 0.220 e. The summed E-state index contributed by atoms with van der Waals surface area (Å²) in [5.41, 5.74) is 12.8. The third-order valence-corrected chi connectivity index (χ3v) is 17.3. The van der Waals surface area contributed by atoms with Gasteiger partial charge in [-0.3, -0.25) is 8.97 Å². The third-order valence-electron chi connectivity index (χ3n) is 13.9. The average molecular weight is 839 g/mol. The van der Waals surface area contributed by atoms with Gasteiger partial charge in [0, 0.05) is 32.5 Å². The summed E-state index contributed by atoms with van der Waals surface area (Å²) in [5.74, 6) is 0.249. The van der Waals surface area contributed by atoms with E-state index in [-0.39, 0.29) is 11.1 Å². The monoisotopic (exact) mass is 838 g/mol. The van der Waals surface area contributed by atoms with Gasteiger partial charge in [0.05, 0.1) is 33.4 Å². The standard InChI is InChI=1S/C56H45N5OSi/c1-33-25-26-51-50(27-33)62-55-52(63(51,3)4)30-49(61-48-24-14-13-23-47(48)60-46-22-12-11-21-45(46)59-56(60)61)34(2)53(55)43-29-42-38-19-9-10-20-39(38)54-44(31-57-32-58-54)37-18-8-7-17-36(37)41(42)28-40(43)35-15-5-6-16-35/h7-14,17-32,35H,5-6,15-16H2,1-4H3/i1D3,2D3,35D. The van der Waals surface area contributed by atoms with Crippen LogP contribution < -0.4 is 15.1 Å². The molecule has 13 rings (SSSR count). The Balaban J connectivity index is 1.23. The highest BCUT2D eigenvalue weighted by atomic mass is 28.3. The molecule has 0 atom stereocenters. The average Bonchev–Trinajstić information content (AvgIpc) is 4.05. The molecular formula is C56H45N5OSi. The molecule has 0 unspecified atom stereocenters. The molecule has 6 nitrogen and oxygen atoms in total. The van der Waals surface area contributed by atoms with Crippen molar-refractivity contribution in [3.63, 3.8) is 0 Å². The second-order valence-electron chi connectivity index (χ2n) is 17.7. The molecule has 63 heavy (non-hydrogen) atoms. The van der Waals surface area contributed by atoms with Crippen LogP contribution in [-0.2, 0) is 0 Å². The Labute approximate surface area is 377 Å². The molecule has 0 amide bonds. The van der Waals surface area contributed by atoms with Crippen LogP contribution in [0, 0.1) is 13.7 Å². The maximum absolute atomic E-state index is 10.5. The lowest BCUT2D eigenvalue weighted by Crippen LogP contribution is -2.56. The van der Waals surface area contributed by atoms with E-state index in [1.54, 1.807) is 18.5 Å². The molecule has 3 aliphatic rings. The number of imidazole rings is 2. The molecule has 2 aliphatic carbocycles. The highest BCUT2D eigenvalue weighted by molar-refractivity contribution is 7.01. The number of rotatable bonds is 3. The maximum Gasteiger partial charge on any atom is 0.220 e. The zero-order chi connectivity index (χ0) is 48.1. The van der Waals surface area contributed by atoms with Crippen LogP contribution in [0.25, 0.3) is 89.3 Å². The normalized spacial score (nSPS) is 17.5. The van der Waals surface area contributed by atoms with Gasteiger partial charge in [0.1, 0.15) is 25.9 Å². The van der Waals surface area contributed by atoms with Gasteiger partial charge in [-0.2, -0.15) is 0 Å². The molecular weight excluding hydrogens is 787 g/mol. The third kappa shape index (κ3) is 5.20. The van der Waals surface area contributed by atoms with Crippen molar-refractivity contribution in [3.05, 3.63) is 163 Å². The lowest BCUT2D eigenvalue weighted by molar-refractivity contribution is 0.487. The maximum atomic E-state index is 10.5. The summed E-state index contributed by atoms with van der Waals surface area (Å²) in [6.07, 6.45) is 6.28. The Kier molecular flexibility index (Phi) is 6.41. The van der Waals surface area contributed by atoms with Crippen LogP contribution in [0.1, 0.15) is 57.9 Å². The first-order valence-electron chi connectivity index (χ1n) is 25.2. The molecule has 0 bridgehead atoms. The summed E-state index contributed by atoms with van der Waals surface area (Å²) >= 11 is 0. The van der Waals surface area contributed by atoms with Crippen LogP contribution in [0.5, 0.6) is 11.5 Å². The van der Waals surface area contributed by atoms with Crippen molar-refractivity contribution in [2.24, 2.45) is 0 Å². The number of fused-ring (bicyclic) bond motifs is 15. The molecule has 1 fully saturated rings. The molecule has 0 saturated heterocycles. The van der Waals surface area contributed by atoms with Gasteiger partial charge in [-0.1, -0.05) is 111 Å².